The second-order valence-electron chi connectivity index (χ2n) is 10.1. The van der Waals surface area contributed by atoms with Crippen LogP contribution in [0.3, 0.4) is 0 Å². The molecule has 6 nitrogen and oxygen atoms in total. The molecule has 2 saturated carbocycles. The highest BCUT2D eigenvalue weighted by Crippen LogP contribution is 2.36. The van der Waals surface area contributed by atoms with E-state index in [1.165, 1.54) is 70.5 Å². The summed E-state index contributed by atoms with van der Waals surface area (Å²) in [5.41, 5.74) is 1.67. The highest BCUT2D eigenvalue weighted by atomic mass is 16.5. The van der Waals surface area contributed by atoms with Crippen LogP contribution >= 0.6 is 0 Å². The molecule has 2 fully saturated rings. The Labute approximate surface area is 220 Å². The summed E-state index contributed by atoms with van der Waals surface area (Å²) in [6, 6.07) is 13.0. The number of ether oxygens (including phenoxy) is 3. The molecule has 5 rings (SSSR count). The maximum absolute atomic E-state index is 6.20. The van der Waals surface area contributed by atoms with Gasteiger partial charge in [0.25, 0.3) is 0 Å². The van der Waals surface area contributed by atoms with E-state index < -0.39 is 0 Å². The Morgan fingerprint density at radius 2 is 1.51 bits per heavy atom. The standard InChI is InChI=1S/C31H37N3O3/c1-35-29-20-27-28(21-30(29)36-2)32-22-33-31(27)37-26-17-9-11-23(19-26)12-10-18-34(24-13-5-3-6-14-24)25-15-7-4-8-16-25/h9,11,17,19-22,24-25H,3-8,13-16,18H2,1-2H3. The number of benzene rings is 2. The van der Waals surface area contributed by atoms with Gasteiger partial charge in [0.1, 0.15) is 12.1 Å². The van der Waals surface area contributed by atoms with Crippen LogP contribution in [0.1, 0.15) is 69.8 Å². The van der Waals surface area contributed by atoms with Crippen LogP contribution < -0.4 is 14.2 Å². The zero-order chi connectivity index (χ0) is 25.5. The van der Waals surface area contributed by atoms with Gasteiger partial charge in [-0.15, -0.1) is 0 Å². The van der Waals surface area contributed by atoms with Crippen molar-refractivity contribution in [3.05, 3.63) is 48.3 Å². The molecule has 6 heteroatoms. The van der Waals surface area contributed by atoms with E-state index in [2.05, 4.69) is 26.7 Å². The molecular formula is C31H37N3O3. The Bertz CT molecular complexity index is 1240. The number of nitrogens with zero attached hydrogens (tertiary/aromatic N) is 3. The van der Waals surface area contributed by atoms with Crippen molar-refractivity contribution in [1.29, 1.82) is 0 Å². The highest BCUT2D eigenvalue weighted by molar-refractivity contribution is 5.87. The van der Waals surface area contributed by atoms with E-state index in [1.807, 2.05) is 36.4 Å². The fourth-order valence-corrected chi connectivity index (χ4v) is 5.80. The first kappa shape index (κ1) is 25.4. The molecule has 2 aliphatic carbocycles. The fraction of sp³-hybridized carbons (Fsp3) is 0.484. The van der Waals surface area contributed by atoms with Crippen LogP contribution in [-0.4, -0.2) is 47.7 Å². The maximum atomic E-state index is 6.20. The van der Waals surface area contributed by atoms with Crippen molar-refractivity contribution in [2.45, 2.75) is 76.3 Å². The number of hydrogen-bond donors (Lipinski definition) is 0. The molecule has 2 aromatic carbocycles. The van der Waals surface area contributed by atoms with Gasteiger partial charge in [-0.3, -0.25) is 4.90 Å². The van der Waals surface area contributed by atoms with Gasteiger partial charge >= 0.3 is 0 Å². The lowest BCUT2D eigenvalue weighted by Gasteiger charge is -2.40. The maximum Gasteiger partial charge on any atom is 0.230 e. The molecule has 0 amide bonds. The molecule has 0 unspecified atom stereocenters. The topological polar surface area (TPSA) is 56.7 Å². The largest absolute Gasteiger partial charge is 0.493 e. The summed E-state index contributed by atoms with van der Waals surface area (Å²) in [6.07, 6.45) is 15.0. The van der Waals surface area contributed by atoms with Crippen LogP contribution in [0.5, 0.6) is 23.1 Å². The van der Waals surface area contributed by atoms with Crippen molar-refractivity contribution in [3.63, 3.8) is 0 Å². The third-order valence-corrected chi connectivity index (χ3v) is 7.73. The van der Waals surface area contributed by atoms with Gasteiger partial charge in [-0.05, 0) is 49.9 Å². The van der Waals surface area contributed by atoms with Crippen LogP contribution in [-0.2, 0) is 0 Å². The lowest BCUT2D eigenvalue weighted by molar-refractivity contribution is 0.0961. The summed E-state index contributed by atoms with van der Waals surface area (Å²) >= 11 is 0. The Morgan fingerprint density at radius 1 is 0.838 bits per heavy atom. The normalized spacial score (nSPS) is 16.8. The van der Waals surface area contributed by atoms with Crippen LogP contribution in [0.4, 0.5) is 0 Å². The molecule has 0 radical (unpaired) electrons. The molecule has 1 heterocycles. The molecule has 0 atom stereocenters. The van der Waals surface area contributed by atoms with Crippen molar-refractivity contribution >= 4 is 10.9 Å². The summed E-state index contributed by atoms with van der Waals surface area (Å²) in [7, 11) is 3.22. The van der Waals surface area contributed by atoms with Gasteiger partial charge in [-0.1, -0.05) is 56.4 Å². The summed E-state index contributed by atoms with van der Waals surface area (Å²) in [5.74, 6) is 9.30. The first-order valence-electron chi connectivity index (χ1n) is 13.6. The van der Waals surface area contributed by atoms with Gasteiger partial charge in [-0.25, -0.2) is 9.97 Å². The van der Waals surface area contributed by atoms with Crippen LogP contribution in [0.2, 0.25) is 0 Å². The molecule has 0 aliphatic heterocycles. The van der Waals surface area contributed by atoms with Gasteiger partial charge < -0.3 is 14.2 Å². The van der Waals surface area contributed by atoms with E-state index in [9.17, 15) is 0 Å². The second-order valence-corrected chi connectivity index (χ2v) is 10.1. The minimum atomic E-state index is 0.469. The SMILES string of the molecule is COc1cc2ncnc(Oc3cccc(C#CCN(C4CCCCC4)C4CCCCC4)c3)c2cc1OC. The van der Waals surface area contributed by atoms with Crippen molar-refractivity contribution in [3.8, 4) is 35.0 Å². The molecule has 37 heavy (non-hydrogen) atoms. The van der Waals surface area contributed by atoms with E-state index in [0.29, 0.717) is 35.2 Å². The Balaban J connectivity index is 1.33. The molecule has 194 valence electrons. The summed E-state index contributed by atoms with van der Waals surface area (Å²) in [6.45, 7) is 0.846. The van der Waals surface area contributed by atoms with E-state index in [0.717, 1.165) is 23.0 Å². The predicted molar refractivity (Wildman–Crippen MR) is 146 cm³/mol. The smallest absolute Gasteiger partial charge is 0.230 e. The Kier molecular flexibility index (Phi) is 8.42. The first-order valence-corrected chi connectivity index (χ1v) is 13.6. The van der Waals surface area contributed by atoms with E-state index >= 15 is 0 Å². The van der Waals surface area contributed by atoms with Crippen molar-refractivity contribution in [2.24, 2.45) is 0 Å². The molecule has 3 aromatic rings. The number of aromatic nitrogens is 2. The lowest BCUT2D eigenvalue weighted by atomic mass is 9.88. The average Bonchev–Trinajstić information content (AvgIpc) is 2.96. The molecule has 0 bridgehead atoms. The third-order valence-electron chi connectivity index (χ3n) is 7.73. The van der Waals surface area contributed by atoms with Gasteiger partial charge in [0.2, 0.25) is 5.88 Å². The van der Waals surface area contributed by atoms with Crippen LogP contribution in [0, 0.1) is 11.8 Å². The van der Waals surface area contributed by atoms with Gasteiger partial charge in [0.05, 0.1) is 31.7 Å². The van der Waals surface area contributed by atoms with E-state index in [-0.39, 0.29) is 0 Å². The summed E-state index contributed by atoms with van der Waals surface area (Å²) in [5, 5.41) is 0.757. The number of methoxy groups -OCH3 is 2. The molecular weight excluding hydrogens is 462 g/mol. The lowest BCUT2D eigenvalue weighted by Crippen LogP contribution is -2.45. The molecule has 1 aromatic heterocycles. The molecule has 0 saturated heterocycles. The van der Waals surface area contributed by atoms with Gasteiger partial charge in [0.15, 0.2) is 11.5 Å². The van der Waals surface area contributed by atoms with Crippen molar-refractivity contribution in [1.82, 2.24) is 14.9 Å². The fourth-order valence-electron chi connectivity index (χ4n) is 5.80. The van der Waals surface area contributed by atoms with E-state index in [4.69, 9.17) is 14.2 Å². The summed E-state index contributed by atoms with van der Waals surface area (Å²) in [4.78, 5) is 11.5. The first-order chi connectivity index (χ1) is 18.2. The minimum absolute atomic E-state index is 0.469. The average molecular weight is 500 g/mol. The predicted octanol–water partition coefficient (Wildman–Crippen LogP) is 6.76. The Hall–Kier alpha value is -3.30. The minimum Gasteiger partial charge on any atom is -0.493 e. The van der Waals surface area contributed by atoms with Crippen molar-refractivity contribution < 1.29 is 14.2 Å². The van der Waals surface area contributed by atoms with E-state index in [1.54, 1.807) is 14.2 Å². The van der Waals surface area contributed by atoms with Crippen LogP contribution in [0.15, 0.2) is 42.7 Å². The number of hydrogen-bond acceptors (Lipinski definition) is 6. The monoisotopic (exact) mass is 499 g/mol. The molecule has 2 aliphatic rings. The van der Waals surface area contributed by atoms with Gasteiger partial charge in [-0.2, -0.15) is 0 Å². The van der Waals surface area contributed by atoms with Gasteiger partial charge in [0, 0.05) is 23.7 Å². The molecule has 0 N–H and O–H groups in total. The third kappa shape index (κ3) is 6.17. The summed E-state index contributed by atoms with van der Waals surface area (Å²) < 4.78 is 17.1. The second kappa shape index (κ2) is 12.3. The quantitative estimate of drug-likeness (QED) is 0.335. The zero-order valence-electron chi connectivity index (χ0n) is 22.0. The molecule has 0 spiro atoms. The van der Waals surface area contributed by atoms with Crippen molar-refractivity contribution in [2.75, 3.05) is 20.8 Å². The Morgan fingerprint density at radius 3 is 2.19 bits per heavy atom. The highest BCUT2D eigenvalue weighted by Gasteiger charge is 2.28. The van der Waals surface area contributed by atoms with Crippen LogP contribution in [0.25, 0.3) is 10.9 Å². The zero-order valence-corrected chi connectivity index (χ0v) is 22.0. The number of fused-ring (bicyclic) bond motifs is 1. The number of rotatable bonds is 7.